The molecule has 0 spiro atoms. The Morgan fingerprint density at radius 2 is 1.96 bits per heavy atom. The molecule has 3 rings (SSSR count). The fourth-order valence-corrected chi connectivity index (χ4v) is 2.32. The second-order valence-electron chi connectivity index (χ2n) is 5.26. The zero-order chi connectivity index (χ0) is 16.6. The number of aryl methyl sites for hydroxylation is 1. The Morgan fingerprint density at radius 3 is 2.61 bits per heavy atom. The van der Waals surface area contributed by atoms with Gasteiger partial charge in [-0.1, -0.05) is 12.1 Å². The number of nitrogens with zero attached hydrogens (tertiary/aromatic N) is 4. The van der Waals surface area contributed by atoms with Gasteiger partial charge in [-0.2, -0.15) is 23.4 Å². The number of rotatable bonds is 4. The summed E-state index contributed by atoms with van der Waals surface area (Å²) in [6.07, 6.45) is -1.31. The summed E-state index contributed by atoms with van der Waals surface area (Å²) >= 11 is 0. The van der Waals surface area contributed by atoms with Crippen molar-refractivity contribution < 1.29 is 13.5 Å². The lowest BCUT2D eigenvalue weighted by Gasteiger charge is -2.14. The van der Waals surface area contributed by atoms with Crippen molar-refractivity contribution in [2.24, 2.45) is 0 Å². The molecule has 0 aliphatic rings. The van der Waals surface area contributed by atoms with Gasteiger partial charge in [0, 0.05) is 24.6 Å². The standard InChI is InChI=1S/C15H15F2N5O/c1-9-12(13(18)22-14(21-9)19-8-20-22)7-10-3-5-11(6-4-10)23-15(2,16)17/h3-6,8H,7,18H2,1-2H3. The topological polar surface area (TPSA) is 78.3 Å². The number of ether oxygens (including phenoxy) is 1. The summed E-state index contributed by atoms with van der Waals surface area (Å²) in [5.41, 5.74) is 8.59. The smallest absolute Gasteiger partial charge is 0.394 e. The molecule has 3 aromatic rings. The lowest BCUT2D eigenvalue weighted by Crippen LogP contribution is -2.19. The summed E-state index contributed by atoms with van der Waals surface area (Å²) in [7, 11) is 0. The van der Waals surface area contributed by atoms with Crippen LogP contribution in [0.15, 0.2) is 30.6 Å². The molecule has 0 radical (unpaired) electrons. The quantitative estimate of drug-likeness (QED) is 0.799. The molecule has 0 fully saturated rings. The Bertz CT molecular complexity index is 839. The van der Waals surface area contributed by atoms with Gasteiger partial charge in [-0.3, -0.25) is 0 Å². The first kappa shape index (κ1) is 15.1. The van der Waals surface area contributed by atoms with Crippen molar-refractivity contribution in [2.45, 2.75) is 26.4 Å². The first-order valence-corrected chi connectivity index (χ1v) is 6.94. The molecule has 6 nitrogen and oxygen atoms in total. The number of benzene rings is 1. The van der Waals surface area contributed by atoms with Crippen LogP contribution in [-0.4, -0.2) is 25.7 Å². The van der Waals surface area contributed by atoms with Crippen molar-refractivity contribution in [3.63, 3.8) is 0 Å². The fourth-order valence-electron chi connectivity index (χ4n) is 2.32. The molecule has 0 unspecified atom stereocenters. The van der Waals surface area contributed by atoms with Gasteiger partial charge in [0.25, 0.3) is 5.78 Å². The van der Waals surface area contributed by atoms with Gasteiger partial charge in [0.2, 0.25) is 0 Å². The number of nitrogens with two attached hydrogens (primary N) is 1. The van der Waals surface area contributed by atoms with E-state index in [4.69, 9.17) is 5.73 Å². The molecule has 2 aromatic heterocycles. The monoisotopic (exact) mass is 319 g/mol. The number of nitrogen functional groups attached to an aromatic ring is 1. The van der Waals surface area contributed by atoms with Crippen LogP contribution < -0.4 is 10.5 Å². The molecule has 0 bridgehead atoms. The van der Waals surface area contributed by atoms with Crippen molar-refractivity contribution in [1.29, 1.82) is 0 Å². The largest absolute Gasteiger partial charge is 0.433 e. The highest BCUT2D eigenvalue weighted by Crippen LogP contribution is 2.24. The molecular weight excluding hydrogens is 304 g/mol. The number of fused-ring (bicyclic) bond motifs is 1. The maximum atomic E-state index is 12.8. The number of anilines is 1. The Balaban J connectivity index is 1.87. The third-order valence-electron chi connectivity index (χ3n) is 3.37. The fraction of sp³-hybridized carbons (Fsp3) is 0.267. The summed E-state index contributed by atoms with van der Waals surface area (Å²) in [4.78, 5) is 8.35. The van der Waals surface area contributed by atoms with Crippen LogP contribution in [0.25, 0.3) is 5.78 Å². The maximum absolute atomic E-state index is 12.8. The summed E-state index contributed by atoms with van der Waals surface area (Å²) in [5.74, 6) is 1.01. The third kappa shape index (κ3) is 3.20. The molecule has 0 amide bonds. The predicted octanol–water partition coefficient (Wildman–Crippen LogP) is 2.60. The van der Waals surface area contributed by atoms with E-state index in [1.54, 1.807) is 12.1 Å². The van der Waals surface area contributed by atoms with Crippen molar-refractivity contribution >= 4 is 11.6 Å². The molecule has 0 aliphatic heterocycles. The minimum absolute atomic E-state index is 0.107. The molecule has 1 aromatic carbocycles. The van der Waals surface area contributed by atoms with E-state index in [2.05, 4.69) is 19.8 Å². The SMILES string of the molecule is Cc1nc2ncnn2c(N)c1Cc1ccc(OC(C)(F)F)cc1. The van der Waals surface area contributed by atoms with Gasteiger partial charge in [-0.15, -0.1) is 0 Å². The highest BCUT2D eigenvalue weighted by molar-refractivity contribution is 5.51. The third-order valence-corrected chi connectivity index (χ3v) is 3.37. The molecular formula is C15H15F2N5O. The van der Waals surface area contributed by atoms with Crippen molar-refractivity contribution in [2.75, 3.05) is 5.73 Å². The van der Waals surface area contributed by atoms with E-state index in [0.717, 1.165) is 16.8 Å². The molecule has 120 valence electrons. The Labute approximate surface area is 130 Å². The molecule has 23 heavy (non-hydrogen) atoms. The van der Waals surface area contributed by atoms with E-state index in [0.29, 0.717) is 24.9 Å². The van der Waals surface area contributed by atoms with Crippen molar-refractivity contribution in [3.05, 3.63) is 47.4 Å². The van der Waals surface area contributed by atoms with Gasteiger partial charge >= 0.3 is 6.11 Å². The molecule has 2 heterocycles. The minimum atomic E-state index is -3.20. The van der Waals surface area contributed by atoms with E-state index in [1.807, 2.05) is 6.92 Å². The Kier molecular flexibility index (Phi) is 3.59. The molecule has 8 heteroatoms. The van der Waals surface area contributed by atoms with Gasteiger partial charge in [0.15, 0.2) is 0 Å². The number of aromatic nitrogens is 4. The summed E-state index contributed by atoms with van der Waals surface area (Å²) < 4.78 is 31.6. The van der Waals surface area contributed by atoms with E-state index >= 15 is 0 Å². The molecule has 0 aliphatic carbocycles. The highest BCUT2D eigenvalue weighted by atomic mass is 19.3. The van der Waals surface area contributed by atoms with E-state index < -0.39 is 6.11 Å². The average molecular weight is 319 g/mol. The van der Waals surface area contributed by atoms with Crippen LogP contribution in [0.5, 0.6) is 5.75 Å². The van der Waals surface area contributed by atoms with Crippen LogP contribution in [0.3, 0.4) is 0 Å². The first-order valence-electron chi connectivity index (χ1n) is 6.94. The Hall–Kier alpha value is -2.77. The maximum Gasteiger partial charge on any atom is 0.394 e. The summed E-state index contributed by atoms with van der Waals surface area (Å²) in [6.45, 7) is 2.54. The van der Waals surface area contributed by atoms with Crippen LogP contribution in [-0.2, 0) is 6.42 Å². The number of halogens is 2. The lowest BCUT2D eigenvalue weighted by molar-refractivity contribution is -0.158. The van der Waals surface area contributed by atoms with Crippen LogP contribution in [0.1, 0.15) is 23.7 Å². The second kappa shape index (κ2) is 5.45. The number of alkyl halides is 2. The van der Waals surface area contributed by atoms with E-state index in [-0.39, 0.29) is 5.75 Å². The number of hydrogen-bond donors (Lipinski definition) is 1. The summed E-state index contributed by atoms with van der Waals surface area (Å²) in [6, 6.07) is 6.43. The van der Waals surface area contributed by atoms with Gasteiger partial charge in [0.1, 0.15) is 17.9 Å². The van der Waals surface area contributed by atoms with Crippen LogP contribution >= 0.6 is 0 Å². The second-order valence-corrected chi connectivity index (χ2v) is 5.26. The average Bonchev–Trinajstić information content (AvgIpc) is 2.92. The Morgan fingerprint density at radius 1 is 1.26 bits per heavy atom. The van der Waals surface area contributed by atoms with Crippen molar-refractivity contribution in [1.82, 2.24) is 19.6 Å². The van der Waals surface area contributed by atoms with Gasteiger partial charge in [0.05, 0.1) is 0 Å². The zero-order valence-corrected chi connectivity index (χ0v) is 12.6. The predicted molar refractivity (Wildman–Crippen MR) is 80.4 cm³/mol. The molecule has 0 saturated carbocycles. The lowest BCUT2D eigenvalue weighted by atomic mass is 10.0. The highest BCUT2D eigenvalue weighted by Gasteiger charge is 2.23. The van der Waals surface area contributed by atoms with Gasteiger partial charge in [-0.05, 0) is 24.6 Å². The van der Waals surface area contributed by atoms with Crippen LogP contribution in [0.4, 0.5) is 14.6 Å². The molecule has 2 N–H and O–H groups in total. The van der Waals surface area contributed by atoms with Gasteiger partial charge < -0.3 is 10.5 Å². The zero-order valence-electron chi connectivity index (χ0n) is 12.6. The normalized spacial score (nSPS) is 11.8. The summed E-state index contributed by atoms with van der Waals surface area (Å²) in [5, 5.41) is 4.03. The minimum Gasteiger partial charge on any atom is -0.433 e. The van der Waals surface area contributed by atoms with Crippen LogP contribution in [0.2, 0.25) is 0 Å². The van der Waals surface area contributed by atoms with Crippen molar-refractivity contribution in [3.8, 4) is 5.75 Å². The van der Waals surface area contributed by atoms with E-state index in [1.165, 1.54) is 23.0 Å². The first-order chi connectivity index (χ1) is 10.8. The molecule has 0 atom stereocenters. The van der Waals surface area contributed by atoms with Gasteiger partial charge in [-0.25, -0.2) is 4.98 Å². The number of hydrogen-bond acceptors (Lipinski definition) is 5. The van der Waals surface area contributed by atoms with E-state index in [9.17, 15) is 8.78 Å². The van der Waals surface area contributed by atoms with Crippen LogP contribution in [0, 0.1) is 6.92 Å². The molecule has 0 saturated heterocycles.